The molecule has 0 aliphatic rings. The Hall–Kier alpha value is -1.44. The molecule has 2 nitrogen and oxygen atoms in total. The molecule has 0 bridgehead atoms. The molecule has 0 aromatic heterocycles. The van der Waals surface area contributed by atoms with E-state index in [9.17, 15) is 0 Å². The second-order valence-electron chi connectivity index (χ2n) is 3.31. The molecule has 0 atom stereocenters. The van der Waals surface area contributed by atoms with Crippen LogP contribution < -0.4 is 0 Å². The van der Waals surface area contributed by atoms with Crippen LogP contribution in [0.1, 0.15) is 33.1 Å². The fraction of sp³-hybridized carbons (Fsp3) is 0.385. The maximum Gasteiger partial charge on any atom is 0.0220 e. The van der Waals surface area contributed by atoms with Gasteiger partial charge in [0.25, 0.3) is 0 Å². The molecule has 0 spiro atoms. The van der Waals surface area contributed by atoms with Crippen molar-refractivity contribution in [1.82, 2.24) is 0 Å². The largest absolute Gasteiger partial charge is 0.308 e. The smallest absolute Gasteiger partial charge is 0.0220 e. The van der Waals surface area contributed by atoms with Gasteiger partial charge in [0.2, 0.25) is 0 Å². The Morgan fingerprint density at radius 3 is 2.73 bits per heavy atom. The average molecular weight is 204 g/mol. The van der Waals surface area contributed by atoms with E-state index in [1.165, 1.54) is 11.8 Å². The van der Waals surface area contributed by atoms with Crippen LogP contribution in [0.5, 0.6) is 0 Å². The zero-order valence-corrected chi connectivity index (χ0v) is 9.66. The molecule has 1 N–H and O–H groups in total. The summed E-state index contributed by atoms with van der Waals surface area (Å²) in [7, 11) is 0. The number of nitrogens with one attached hydrogen (secondary N) is 1. The Morgan fingerprint density at radius 1 is 1.47 bits per heavy atom. The molecule has 0 aromatic rings. The fourth-order valence-corrected chi connectivity index (χ4v) is 1.30. The van der Waals surface area contributed by atoms with Crippen molar-refractivity contribution in [3.63, 3.8) is 0 Å². The summed E-state index contributed by atoms with van der Waals surface area (Å²) >= 11 is 0. The molecule has 15 heavy (non-hydrogen) atoms. The average Bonchev–Trinajstić information content (AvgIpc) is 2.23. The van der Waals surface area contributed by atoms with E-state index >= 15 is 0 Å². The van der Waals surface area contributed by atoms with Crippen molar-refractivity contribution in [1.29, 1.82) is 5.41 Å². The molecular formula is C13H20N2. The highest BCUT2D eigenvalue weighted by atomic mass is 14.6. The van der Waals surface area contributed by atoms with Gasteiger partial charge in [-0.1, -0.05) is 18.2 Å². The zero-order valence-electron chi connectivity index (χ0n) is 9.66. The summed E-state index contributed by atoms with van der Waals surface area (Å²) in [5.41, 5.74) is 2.28. The number of hydrogen-bond donors (Lipinski definition) is 1. The normalized spacial score (nSPS) is 13.2. The topological polar surface area (TPSA) is 36.2 Å². The highest BCUT2D eigenvalue weighted by Gasteiger charge is 1.96. The Bertz CT molecular complexity index is 283. The standard InChI is InChI=1S/C13H20N2/c1-4-8-12(2)13(11-14)9-6-5-7-10-15-3/h4,7-8,10-11,14H,3,5-6,9H2,1-2H3/b8-4-,10-7-,13-12-,14-11?. The van der Waals surface area contributed by atoms with Crippen LogP contribution in [-0.4, -0.2) is 12.9 Å². The minimum atomic E-state index is 0.946. The van der Waals surface area contributed by atoms with Gasteiger partial charge < -0.3 is 5.41 Å². The van der Waals surface area contributed by atoms with Gasteiger partial charge >= 0.3 is 0 Å². The minimum absolute atomic E-state index is 0.946. The molecule has 2 heteroatoms. The van der Waals surface area contributed by atoms with Crippen LogP contribution in [-0.2, 0) is 0 Å². The van der Waals surface area contributed by atoms with Gasteiger partial charge in [-0.3, -0.25) is 4.99 Å². The van der Waals surface area contributed by atoms with Crippen LogP contribution in [0.2, 0.25) is 0 Å². The number of nitrogens with zero attached hydrogens (tertiary/aromatic N) is 1. The number of aliphatic imine (C=N–C) groups is 1. The van der Waals surface area contributed by atoms with Gasteiger partial charge in [-0.15, -0.1) is 0 Å². The fourth-order valence-electron chi connectivity index (χ4n) is 1.30. The lowest BCUT2D eigenvalue weighted by molar-refractivity contribution is 0.848. The molecular weight excluding hydrogens is 184 g/mol. The maximum absolute atomic E-state index is 7.32. The lowest BCUT2D eigenvalue weighted by atomic mass is 10.0. The monoisotopic (exact) mass is 204 g/mol. The van der Waals surface area contributed by atoms with Gasteiger partial charge in [-0.2, -0.15) is 0 Å². The third kappa shape index (κ3) is 6.61. The molecule has 0 heterocycles. The van der Waals surface area contributed by atoms with Crippen LogP contribution in [0.15, 0.2) is 40.6 Å². The summed E-state index contributed by atoms with van der Waals surface area (Å²) in [4.78, 5) is 3.64. The number of allylic oxidation sites excluding steroid dienone is 5. The molecule has 0 rings (SSSR count). The molecule has 0 aliphatic heterocycles. The number of rotatable bonds is 7. The van der Waals surface area contributed by atoms with Crippen molar-refractivity contribution >= 4 is 12.9 Å². The molecule has 0 fully saturated rings. The molecule has 82 valence electrons. The maximum atomic E-state index is 7.32. The molecule has 0 unspecified atom stereocenters. The van der Waals surface area contributed by atoms with Crippen molar-refractivity contribution in [2.45, 2.75) is 33.1 Å². The van der Waals surface area contributed by atoms with Crippen molar-refractivity contribution in [2.24, 2.45) is 4.99 Å². The number of hydrogen-bond acceptors (Lipinski definition) is 2. The highest BCUT2D eigenvalue weighted by molar-refractivity contribution is 5.77. The van der Waals surface area contributed by atoms with E-state index in [2.05, 4.69) is 11.7 Å². The van der Waals surface area contributed by atoms with Gasteiger partial charge in [0, 0.05) is 12.4 Å². The first-order valence-corrected chi connectivity index (χ1v) is 5.20. The van der Waals surface area contributed by atoms with Crippen LogP contribution >= 0.6 is 0 Å². The second kappa shape index (κ2) is 9.13. The minimum Gasteiger partial charge on any atom is -0.308 e. The summed E-state index contributed by atoms with van der Waals surface area (Å²) in [6.45, 7) is 7.40. The van der Waals surface area contributed by atoms with E-state index in [0.29, 0.717) is 0 Å². The molecule has 0 amide bonds. The summed E-state index contributed by atoms with van der Waals surface area (Å²) < 4.78 is 0. The Balaban J connectivity index is 4.11. The van der Waals surface area contributed by atoms with E-state index in [1.807, 2.05) is 32.1 Å². The van der Waals surface area contributed by atoms with Gasteiger partial charge in [0.05, 0.1) is 0 Å². The molecule has 0 aromatic carbocycles. The first-order valence-electron chi connectivity index (χ1n) is 5.20. The van der Waals surface area contributed by atoms with Crippen LogP contribution in [0.3, 0.4) is 0 Å². The van der Waals surface area contributed by atoms with E-state index in [0.717, 1.165) is 24.8 Å². The van der Waals surface area contributed by atoms with Gasteiger partial charge in [-0.05, 0) is 51.0 Å². The van der Waals surface area contributed by atoms with Gasteiger partial charge in [0.15, 0.2) is 0 Å². The summed E-state index contributed by atoms with van der Waals surface area (Å²) in [6, 6.07) is 0. The van der Waals surface area contributed by atoms with Crippen molar-refractivity contribution in [3.8, 4) is 0 Å². The molecule has 0 saturated carbocycles. The molecule has 0 radical (unpaired) electrons. The number of unbranched alkanes of at least 4 members (excludes halogenated alkanes) is 1. The first-order chi connectivity index (χ1) is 7.26. The lowest BCUT2D eigenvalue weighted by Crippen LogP contribution is -1.88. The highest BCUT2D eigenvalue weighted by Crippen LogP contribution is 2.12. The van der Waals surface area contributed by atoms with E-state index in [1.54, 1.807) is 6.20 Å². The summed E-state index contributed by atoms with van der Waals surface area (Å²) in [5, 5.41) is 7.32. The SMILES string of the molecule is C=N/C=C\CCC/C(C=N)=C(C)/C=C\C. The third-order valence-electron chi connectivity index (χ3n) is 2.13. The van der Waals surface area contributed by atoms with E-state index in [-0.39, 0.29) is 0 Å². The Kier molecular flexibility index (Phi) is 8.25. The Morgan fingerprint density at radius 2 is 2.20 bits per heavy atom. The van der Waals surface area contributed by atoms with Gasteiger partial charge in [0.1, 0.15) is 0 Å². The van der Waals surface area contributed by atoms with Gasteiger partial charge in [-0.25, -0.2) is 0 Å². The second-order valence-corrected chi connectivity index (χ2v) is 3.31. The van der Waals surface area contributed by atoms with Crippen molar-refractivity contribution in [3.05, 3.63) is 35.6 Å². The van der Waals surface area contributed by atoms with E-state index < -0.39 is 0 Å². The lowest BCUT2D eigenvalue weighted by Gasteiger charge is -2.02. The van der Waals surface area contributed by atoms with Crippen molar-refractivity contribution in [2.75, 3.05) is 0 Å². The van der Waals surface area contributed by atoms with Crippen LogP contribution in [0.4, 0.5) is 0 Å². The predicted molar refractivity (Wildman–Crippen MR) is 68.8 cm³/mol. The van der Waals surface area contributed by atoms with Crippen molar-refractivity contribution < 1.29 is 0 Å². The third-order valence-corrected chi connectivity index (χ3v) is 2.13. The summed E-state index contributed by atoms with van der Waals surface area (Å²) in [5.74, 6) is 0. The van der Waals surface area contributed by atoms with Crippen LogP contribution in [0, 0.1) is 5.41 Å². The first kappa shape index (κ1) is 13.6. The Labute approximate surface area is 92.6 Å². The molecule has 0 saturated heterocycles. The van der Waals surface area contributed by atoms with E-state index in [4.69, 9.17) is 5.41 Å². The quantitative estimate of drug-likeness (QED) is 0.371. The predicted octanol–water partition coefficient (Wildman–Crippen LogP) is 3.91. The summed E-state index contributed by atoms with van der Waals surface area (Å²) in [6.07, 6.45) is 12.2. The molecule has 0 aliphatic carbocycles. The zero-order chi connectivity index (χ0) is 11.5. The van der Waals surface area contributed by atoms with Crippen LogP contribution in [0.25, 0.3) is 0 Å².